The van der Waals surface area contributed by atoms with Crippen LogP contribution in [0.5, 0.6) is 0 Å². The Morgan fingerprint density at radius 1 is 1.27 bits per heavy atom. The van der Waals surface area contributed by atoms with E-state index in [4.69, 9.17) is 4.74 Å². The number of halogens is 1. The van der Waals surface area contributed by atoms with Crippen LogP contribution in [0.15, 0.2) is 24.3 Å². The lowest BCUT2D eigenvalue weighted by atomic mass is 10.1. The van der Waals surface area contributed by atoms with Crippen molar-refractivity contribution < 1.29 is 13.9 Å². The van der Waals surface area contributed by atoms with Crippen LogP contribution < -0.4 is 10.6 Å². The zero-order chi connectivity index (χ0) is 16.8. The first kappa shape index (κ1) is 18.4. The van der Waals surface area contributed by atoms with Crippen LogP contribution in [0.1, 0.15) is 52.6 Å². The van der Waals surface area contributed by atoms with Gasteiger partial charge in [-0.05, 0) is 51.8 Å². The maximum atomic E-state index is 12.9. The maximum absolute atomic E-state index is 12.9. The quantitative estimate of drug-likeness (QED) is 0.840. The number of rotatable bonds is 6. The highest BCUT2D eigenvalue weighted by atomic mass is 19.1. The molecule has 0 fully saturated rings. The van der Waals surface area contributed by atoms with E-state index < -0.39 is 11.7 Å². The van der Waals surface area contributed by atoms with Crippen molar-refractivity contribution in [2.24, 2.45) is 0 Å². The SMILES string of the molecule is CCC(CNC(=O)OC(C)(C)C)NC(C)c1ccc(F)cc1. The van der Waals surface area contributed by atoms with Crippen LogP contribution in [0.2, 0.25) is 0 Å². The third kappa shape index (κ3) is 6.89. The molecular formula is C17H27FN2O2. The van der Waals surface area contributed by atoms with E-state index >= 15 is 0 Å². The molecule has 1 amide bonds. The third-order valence-corrected chi connectivity index (χ3v) is 3.24. The topological polar surface area (TPSA) is 50.4 Å². The van der Waals surface area contributed by atoms with Crippen molar-refractivity contribution in [3.8, 4) is 0 Å². The normalized spacial score (nSPS) is 14.3. The van der Waals surface area contributed by atoms with E-state index in [1.54, 1.807) is 12.1 Å². The van der Waals surface area contributed by atoms with Gasteiger partial charge >= 0.3 is 6.09 Å². The maximum Gasteiger partial charge on any atom is 0.407 e. The molecule has 1 aromatic rings. The van der Waals surface area contributed by atoms with Gasteiger partial charge in [-0.3, -0.25) is 0 Å². The summed E-state index contributed by atoms with van der Waals surface area (Å²) in [7, 11) is 0. The number of ether oxygens (including phenoxy) is 1. The summed E-state index contributed by atoms with van der Waals surface area (Å²) in [6.07, 6.45) is 0.448. The number of nitrogens with one attached hydrogen (secondary N) is 2. The zero-order valence-corrected chi connectivity index (χ0v) is 14.1. The van der Waals surface area contributed by atoms with Gasteiger partial charge < -0.3 is 15.4 Å². The Bertz CT molecular complexity index is 469. The summed E-state index contributed by atoms with van der Waals surface area (Å²) in [5.74, 6) is -0.241. The smallest absolute Gasteiger partial charge is 0.407 e. The summed E-state index contributed by atoms with van der Waals surface area (Å²) in [6.45, 7) is 10.0. The number of carbonyl (C=O) groups is 1. The molecule has 22 heavy (non-hydrogen) atoms. The first-order chi connectivity index (χ1) is 10.2. The van der Waals surface area contributed by atoms with Crippen LogP contribution in [0, 0.1) is 5.82 Å². The van der Waals surface area contributed by atoms with Gasteiger partial charge in [0.2, 0.25) is 0 Å². The highest BCUT2D eigenvalue weighted by molar-refractivity contribution is 5.67. The van der Waals surface area contributed by atoms with Crippen molar-refractivity contribution in [2.45, 2.75) is 58.7 Å². The van der Waals surface area contributed by atoms with Gasteiger partial charge in [0.15, 0.2) is 0 Å². The van der Waals surface area contributed by atoms with Gasteiger partial charge in [-0.15, -0.1) is 0 Å². The first-order valence-corrected chi connectivity index (χ1v) is 7.69. The Kier molecular flexibility index (Phi) is 6.81. The van der Waals surface area contributed by atoms with E-state index in [0.29, 0.717) is 6.54 Å². The summed E-state index contributed by atoms with van der Waals surface area (Å²) in [5, 5.41) is 6.20. The van der Waals surface area contributed by atoms with Gasteiger partial charge in [-0.25, -0.2) is 9.18 Å². The van der Waals surface area contributed by atoms with Crippen LogP contribution >= 0.6 is 0 Å². The molecule has 0 spiro atoms. The van der Waals surface area contributed by atoms with Gasteiger partial charge in [-0.1, -0.05) is 19.1 Å². The van der Waals surface area contributed by atoms with Crippen molar-refractivity contribution in [1.29, 1.82) is 0 Å². The second kappa shape index (κ2) is 8.13. The predicted octanol–water partition coefficient (Wildman–Crippen LogP) is 3.78. The Labute approximate surface area is 132 Å². The minimum absolute atomic E-state index is 0.0750. The lowest BCUT2D eigenvalue weighted by molar-refractivity contribution is 0.0521. The van der Waals surface area contributed by atoms with Gasteiger partial charge in [0.05, 0.1) is 0 Å². The van der Waals surface area contributed by atoms with Crippen LogP contribution in [-0.2, 0) is 4.74 Å². The lowest BCUT2D eigenvalue weighted by Gasteiger charge is -2.24. The predicted molar refractivity (Wildman–Crippen MR) is 86.3 cm³/mol. The molecule has 0 aliphatic rings. The van der Waals surface area contributed by atoms with Crippen LogP contribution in [0.25, 0.3) is 0 Å². The van der Waals surface area contributed by atoms with E-state index in [9.17, 15) is 9.18 Å². The fraction of sp³-hybridized carbons (Fsp3) is 0.588. The van der Waals surface area contributed by atoms with E-state index in [0.717, 1.165) is 12.0 Å². The Morgan fingerprint density at radius 3 is 2.36 bits per heavy atom. The third-order valence-electron chi connectivity index (χ3n) is 3.24. The summed E-state index contributed by atoms with van der Waals surface area (Å²) >= 11 is 0. The Hall–Kier alpha value is -1.62. The zero-order valence-electron chi connectivity index (χ0n) is 14.1. The van der Waals surface area contributed by atoms with E-state index in [1.807, 2.05) is 34.6 Å². The molecule has 0 bridgehead atoms. The fourth-order valence-electron chi connectivity index (χ4n) is 2.04. The minimum Gasteiger partial charge on any atom is -0.444 e. The summed E-state index contributed by atoms with van der Waals surface area (Å²) in [4.78, 5) is 11.7. The largest absolute Gasteiger partial charge is 0.444 e. The molecule has 1 aromatic carbocycles. The molecule has 2 unspecified atom stereocenters. The van der Waals surface area contributed by atoms with E-state index in [1.165, 1.54) is 12.1 Å². The molecule has 0 radical (unpaired) electrons. The molecule has 2 N–H and O–H groups in total. The molecule has 0 saturated carbocycles. The average Bonchev–Trinajstić information content (AvgIpc) is 2.42. The molecule has 0 aliphatic heterocycles. The van der Waals surface area contributed by atoms with E-state index in [-0.39, 0.29) is 17.9 Å². The van der Waals surface area contributed by atoms with Gasteiger partial charge in [-0.2, -0.15) is 0 Å². The molecule has 0 aromatic heterocycles. The Balaban J connectivity index is 2.47. The monoisotopic (exact) mass is 310 g/mol. The summed E-state index contributed by atoms with van der Waals surface area (Å²) < 4.78 is 18.2. The highest BCUT2D eigenvalue weighted by Crippen LogP contribution is 2.14. The number of hydrogen-bond donors (Lipinski definition) is 2. The molecule has 124 valence electrons. The number of amides is 1. The van der Waals surface area contributed by atoms with Crippen molar-refractivity contribution in [3.05, 3.63) is 35.6 Å². The van der Waals surface area contributed by atoms with Crippen molar-refractivity contribution in [1.82, 2.24) is 10.6 Å². The van der Waals surface area contributed by atoms with Gasteiger partial charge in [0.25, 0.3) is 0 Å². The number of alkyl carbamates (subject to hydrolysis) is 1. The summed E-state index contributed by atoms with van der Waals surface area (Å²) in [6, 6.07) is 6.63. The standard InChI is InChI=1S/C17H27FN2O2/c1-6-15(11-19-16(21)22-17(3,4)5)20-12(2)13-7-9-14(18)10-8-13/h7-10,12,15,20H,6,11H2,1-5H3,(H,19,21). The molecule has 4 nitrogen and oxygen atoms in total. The lowest BCUT2D eigenvalue weighted by Crippen LogP contribution is -2.43. The number of hydrogen-bond acceptors (Lipinski definition) is 3. The van der Waals surface area contributed by atoms with Crippen LogP contribution in [-0.4, -0.2) is 24.3 Å². The van der Waals surface area contributed by atoms with Crippen LogP contribution in [0.4, 0.5) is 9.18 Å². The molecule has 5 heteroatoms. The summed E-state index contributed by atoms with van der Waals surface area (Å²) in [5.41, 5.74) is 0.512. The number of benzene rings is 1. The van der Waals surface area contributed by atoms with Crippen molar-refractivity contribution in [2.75, 3.05) is 6.54 Å². The minimum atomic E-state index is -0.499. The van der Waals surface area contributed by atoms with Crippen LogP contribution in [0.3, 0.4) is 0 Å². The molecule has 2 atom stereocenters. The molecule has 1 rings (SSSR count). The molecule has 0 aliphatic carbocycles. The first-order valence-electron chi connectivity index (χ1n) is 7.69. The number of carbonyl (C=O) groups excluding carboxylic acids is 1. The average molecular weight is 310 g/mol. The molecule has 0 heterocycles. The second-order valence-electron chi connectivity index (χ2n) is 6.43. The molecule has 0 saturated heterocycles. The van der Waals surface area contributed by atoms with Gasteiger partial charge in [0.1, 0.15) is 11.4 Å². The fourth-order valence-corrected chi connectivity index (χ4v) is 2.04. The van der Waals surface area contributed by atoms with E-state index in [2.05, 4.69) is 10.6 Å². The van der Waals surface area contributed by atoms with Gasteiger partial charge in [0, 0.05) is 18.6 Å². The van der Waals surface area contributed by atoms with Crippen molar-refractivity contribution >= 4 is 6.09 Å². The van der Waals surface area contributed by atoms with Crippen molar-refractivity contribution in [3.63, 3.8) is 0 Å². The highest BCUT2D eigenvalue weighted by Gasteiger charge is 2.18. The Morgan fingerprint density at radius 2 is 1.86 bits per heavy atom. The molecular weight excluding hydrogens is 283 g/mol. The second-order valence-corrected chi connectivity index (χ2v) is 6.43.